The smallest absolute Gasteiger partial charge is 0.226 e. The van der Waals surface area contributed by atoms with Gasteiger partial charge in [-0.3, -0.25) is 4.90 Å². The first kappa shape index (κ1) is 12.5. The minimum atomic E-state index is -0.239. The van der Waals surface area contributed by atoms with Crippen LogP contribution in [-0.4, -0.2) is 38.8 Å². The molecule has 0 aliphatic carbocycles. The van der Waals surface area contributed by atoms with Crippen molar-refractivity contribution in [3.8, 4) is 0 Å². The maximum Gasteiger partial charge on any atom is 0.226 e. The zero-order valence-electron chi connectivity index (χ0n) is 10.6. The summed E-state index contributed by atoms with van der Waals surface area (Å²) in [6.45, 7) is 5.65. The molecule has 5 heteroatoms. The predicted molar refractivity (Wildman–Crippen MR) is 63.4 cm³/mol. The Hall–Kier alpha value is -0.940. The van der Waals surface area contributed by atoms with Gasteiger partial charge in [-0.2, -0.15) is 4.98 Å². The van der Waals surface area contributed by atoms with E-state index in [9.17, 15) is 5.11 Å². The summed E-state index contributed by atoms with van der Waals surface area (Å²) in [6, 6.07) is 0.457. The summed E-state index contributed by atoms with van der Waals surface area (Å²) in [7, 11) is 0. The number of aliphatic hydroxyl groups is 1. The van der Waals surface area contributed by atoms with Crippen LogP contribution in [0, 0.1) is 0 Å². The summed E-state index contributed by atoms with van der Waals surface area (Å²) in [4.78, 5) is 6.67. The van der Waals surface area contributed by atoms with Gasteiger partial charge in [0, 0.05) is 12.5 Å². The summed E-state index contributed by atoms with van der Waals surface area (Å²) in [5.41, 5.74) is 0. The van der Waals surface area contributed by atoms with Gasteiger partial charge in [0.25, 0.3) is 0 Å². The highest BCUT2D eigenvalue weighted by molar-refractivity contribution is 4.89. The summed E-state index contributed by atoms with van der Waals surface area (Å²) in [5, 5.41) is 13.4. The molecule has 1 fully saturated rings. The molecule has 17 heavy (non-hydrogen) atoms. The average Bonchev–Trinajstić information content (AvgIpc) is 2.89. The van der Waals surface area contributed by atoms with E-state index in [1.165, 1.54) is 6.42 Å². The molecule has 0 aromatic carbocycles. The first-order valence-corrected chi connectivity index (χ1v) is 6.42. The molecule has 1 aromatic rings. The lowest BCUT2D eigenvalue weighted by atomic mass is 10.1. The lowest BCUT2D eigenvalue weighted by Crippen LogP contribution is -2.31. The van der Waals surface area contributed by atoms with Crippen LogP contribution in [0.3, 0.4) is 0 Å². The van der Waals surface area contributed by atoms with E-state index in [1.54, 1.807) is 0 Å². The molecule has 5 nitrogen and oxygen atoms in total. The van der Waals surface area contributed by atoms with Crippen LogP contribution >= 0.6 is 0 Å². The van der Waals surface area contributed by atoms with Gasteiger partial charge >= 0.3 is 0 Å². The third-order valence-electron chi connectivity index (χ3n) is 3.27. The average molecular weight is 239 g/mol. The standard InChI is InChI=1S/C12H21N3O2/c1-3-12-13-11(14-17-12)8-15-6-4-5-10(15)7-9(2)16/h9-10,16H,3-8H2,1-2H3. The van der Waals surface area contributed by atoms with Gasteiger partial charge in [-0.25, -0.2) is 0 Å². The summed E-state index contributed by atoms with van der Waals surface area (Å²) >= 11 is 0. The second kappa shape index (κ2) is 5.60. The van der Waals surface area contributed by atoms with Crippen molar-refractivity contribution >= 4 is 0 Å². The van der Waals surface area contributed by atoms with Gasteiger partial charge in [0.2, 0.25) is 5.89 Å². The van der Waals surface area contributed by atoms with Crippen molar-refractivity contribution in [2.45, 2.75) is 58.2 Å². The Morgan fingerprint density at radius 1 is 1.59 bits per heavy atom. The fourth-order valence-electron chi connectivity index (χ4n) is 2.44. The zero-order chi connectivity index (χ0) is 12.3. The monoisotopic (exact) mass is 239 g/mol. The molecule has 1 aliphatic rings. The molecular weight excluding hydrogens is 218 g/mol. The third kappa shape index (κ3) is 3.26. The largest absolute Gasteiger partial charge is 0.393 e. The Balaban J connectivity index is 1.92. The van der Waals surface area contributed by atoms with Gasteiger partial charge in [0.15, 0.2) is 5.82 Å². The van der Waals surface area contributed by atoms with Crippen LogP contribution in [0.2, 0.25) is 0 Å². The number of aliphatic hydroxyl groups excluding tert-OH is 1. The van der Waals surface area contributed by atoms with Gasteiger partial charge < -0.3 is 9.63 Å². The molecule has 2 unspecified atom stereocenters. The quantitative estimate of drug-likeness (QED) is 0.840. The van der Waals surface area contributed by atoms with E-state index < -0.39 is 0 Å². The molecule has 0 radical (unpaired) electrons. The van der Waals surface area contributed by atoms with Crippen LogP contribution in [-0.2, 0) is 13.0 Å². The SMILES string of the molecule is CCc1nc(CN2CCCC2CC(C)O)no1. The molecule has 2 heterocycles. The minimum absolute atomic E-state index is 0.239. The van der Waals surface area contributed by atoms with Gasteiger partial charge in [0.1, 0.15) is 0 Å². The number of aryl methyl sites for hydroxylation is 1. The highest BCUT2D eigenvalue weighted by Gasteiger charge is 2.26. The van der Waals surface area contributed by atoms with E-state index in [2.05, 4.69) is 15.0 Å². The van der Waals surface area contributed by atoms with Gasteiger partial charge in [-0.1, -0.05) is 12.1 Å². The van der Waals surface area contributed by atoms with Crippen LogP contribution in [0.15, 0.2) is 4.52 Å². The Bertz CT molecular complexity index is 351. The Morgan fingerprint density at radius 2 is 2.41 bits per heavy atom. The first-order valence-electron chi connectivity index (χ1n) is 6.42. The molecule has 1 aliphatic heterocycles. The van der Waals surface area contributed by atoms with E-state index in [0.717, 1.165) is 38.2 Å². The van der Waals surface area contributed by atoms with Gasteiger partial charge in [-0.05, 0) is 32.7 Å². The van der Waals surface area contributed by atoms with E-state index in [0.29, 0.717) is 11.9 Å². The van der Waals surface area contributed by atoms with Crippen molar-refractivity contribution < 1.29 is 9.63 Å². The molecule has 96 valence electrons. The highest BCUT2D eigenvalue weighted by Crippen LogP contribution is 2.22. The van der Waals surface area contributed by atoms with E-state index >= 15 is 0 Å². The number of rotatable bonds is 5. The molecule has 0 bridgehead atoms. The molecule has 2 atom stereocenters. The van der Waals surface area contributed by atoms with Crippen LogP contribution in [0.1, 0.15) is 44.8 Å². The molecule has 0 amide bonds. The third-order valence-corrected chi connectivity index (χ3v) is 3.27. The first-order chi connectivity index (χ1) is 8.19. The molecule has 0 spiro atoms. The molecule has 1 N–H and O–H groups in total. The normalized spacial score (nSPS) is 23.1. The molecule has 1 saturated heterocycles. The second-order valence-corrected chi connectivity index (χ2v) is 4.81. The maximum absolute atomic E-state index is 9.46. The number of nitrogens with zero attached hydrogens (tertiary/aromatic N) is 3. The number of likely N-dealkylation sites (tertiary alicyclic amines) is 1. The minimum Gasteiger partial charge on any atom is -0.393 e. The van der Waals surface area contributed by atoms with Crippen LogP contribution in [0.25, 0.3) is 0 Å². The van der Waals surface area contributed by atoms with Crippen molar-refractivity contribution in [2.24, 2.45) is 0 Å². The molecule has 2 rings (SSSR count). The van der Waals surface area contributed by atoms with Crippen molar-refractivity contribution in [3.05, 3.63) is 11.7 Å². The van der Waals surface area contributed by atoms with Crippen molar-refractivity contribution in [1.29, 1.82) is 0 Å². The predicted octanol–water partition coefficient (Wildman–Crippen LogP) is 1.37. The molecular formula is C12H21N3O2. The zero-order valence-corrected chi connectivity index (χ0v) is 10.6. The van der Waals surface area contributed by atoms with Crippen LogP contribution in [0.5, 0.6) is 0 Å². The fraction of sp³-hybridized carbons (Fsp3) is 0.833. The van der Waals surface area contributed by atoms with E-state index in [-0.39, 0.29) is 6.10 Å². The van der Waals surface area contributed by atoms with Crippen molar-refractivity contribution in [1.82, 2.24) is 15.0 Å². The van der Waals surface area contributed by atoms with E-state index in [1.807, 2.05) is 13.8 Å². The molecule has 1 aromatic heterocycles. The lowest BCUT2D eigenvalue weighted by molar-refractivity contribution is 0.129. The van der Waals surface area contributed by atoms with Crippen LogP contribution in [0.4, 0.5) is 0 Å². The number of aromatic nitrogens is 2. The topological polar surface area (TPSA) is 62.4 Å². The number of hydrogen-bond acceptors (Lipinski definition) is 5. The van der Waals surface area contributed by atoms with Crippen LogP contribution < -0.4 is 0 Å². The van der Waals surface area contributed by atoms with Crippen molar-refractivity contribution in [3.63, 3.8) is 0 Å². The van der Waals surface area contributed by atoms with Gasteiger partial charge in [-0.15, -0.1) is 0 Å². The summed E-state index contributed by atoms with van der Waals surface area (Å²) < 4.78 is 5.10. The Kier molecular flexibility index (Phi) is 4.12. The second-order valence-electron chi connectivity index (χ2n) is 4.81. The highest BCUT2D eigenvalue weighted by atomic mass is 16.5. The number of hydrogen-bond donors (Lipinski definition) is 1. The molecule has 0 saturated carbocycles. The fourth-order valence-corrected chi connectivity index (χ4v) is 2.44. The van der Waals surface area contributed by atoms with Gasteiger partial charge in [0.05, 0.1) is 12.6 Å². The van der Waals surface area contributed by atoms with E-state index in [4.69, 9.17) is 4.52 Å². The Morgan fingerprint density at radius 3 is 3.06 bits per heavy atom. The lowest BCUT2D eigenvalue weighted by Gasteiger charge is -2.23. The van der Waals surface area contributed by atoms with Crippen molar-refractivity contribution in [2.75, 3.05) is 6.54 Å². The summed E-state index contributed by atoms with van der Waals surface area (Å²) in [5.74, 6) is 1.46. The summed E-state index contributed by atoms with van der Waals surface area (Å²) in [6.07, 6.45) is 3.72. The Labute approximate surface area is 102 Å². The maximum atomic E-state index is 9.46.